The molecular formula is C22H25N3O4S. The van der Waals surface area contributed by atoms with Crippen LogP contribution in [0.25, 0.3) is 0 Å². The zero-order valence-corrected chi connectivity index (χ0v) is 17.7. The number of pyridine rings is 1. The van der Waals surface area contributed by atoms with Crippen LogP contribution in [0.1, 0.15) is 18.0 Å². The van der Waals surface area contributed by atoms with Crippen LogP contribution in [0.2, 0.25) is 0 Å². The first-order valence-electron chi connectivity index (χ1n) is 10.0. The molecule has 1 N–H and O–H groups in total. The minimum absolute atomic E-state index is 0.0108. The van der Waals surface area contributed by atoms with Gasteiger partial charge < -0.3 is 19.5 Å². The highest BCUT2D eigenvalue weighted by atomic mass is 32.2. The van der Waals surface area contributed by atoms with Crippen LogP contribution in [0, 0.1) is 5.92 Å². The van der Waals surface area contributed by atoms with Crippen LogP contribution < -0.4 is 15.6 Å². The second-order valence-electron chi connectivity index (χ2n) is 7.76. The highest BCUT2D eigenvalue weighted by molar-refractivity contribution is 7.99. The molecule has 0 aliphatic carbocycles. The predicted molar refractivity (Wildman–Crippen MR) is 117 cm³/mol. The van der Waals surface area contributed by atoms with Gasteiger partial charge in [-0.15, -0.1) is 0 Å². The van der Waals surface area contributed by atoms with Gasteiger partial charge in [0.25, 0.3) is 11.5 Å². The van der Waals surface area contributed by atoms with Crippen LogP contribution in [-0.4, -0.2) is 53.0 Å². The number of thioether (sulfide) groups is 1. The molecule has 2 aliphatic rings. The molecule has 158 valence electrons. The second-order valence-corrected chi connectivity index (χ2v) is 8.63. The third-order valence-corrected chi connectivity index (χ3v) is 6.15. The molecular weight excluding hydrogens is 402 g/mol. The molecule has 1 aromatic heterocycles. The number of rotatable bonds is 6. The maximum Gasteiger partial charge on any atom is 0.260 e. The van der Waals surface area contributed by atoms with Gasteiger partial charge in [-0.05, 0) is 36.8 Å². The third-order valence-electron chi connectivity index (χ3n) is 5.60. The molecule has 1 aromatic carbocycles. The van der Waals surface area contributed by atoms with Crippen molar-refractivity contribution in [3.8, 4) is 5.75 Å². The molecule has 4 rings (SSSR count). The SMILES string of the molecule is CSCC(=O)Nc1ccc(=O)n2c1[C@H]1C[C@@H](CN(C(=O)COc3ccccc3)C1)C2. The van der Waals surface area contributed by atoms with E-state index in [1.54, 1.807) is 10.6 Å². The lowest BCUT2D eigenvalue weighted by molar-refractivity contribution is -0.136. The van der Waals surface area contributed by atoms with E-state index >= 15 is 0 Å². The largest absolute Gasteiger partial charge is 0.484 e. The van der Waals surface area contributed by atoms with Gasteiger partial charge in [0.2, 0.25) is 5.91 Å². The summed E-state index contributed by atoms with van der Waals surface area (Å²) >= 11 is 1.45. The number of nitrogens with zero attached hydrogens (tertiary/aromatic N) is 2. The van der Waals surface area contributed by atoms with E-state index in [1.165, 1.54) is 17.8 Å². The van der Waals surface area contributed by atoms with E-state index in [1.807, 2.05) is 41.5 Å². The van der Waals surface area contributed by atoms with E-state index in [0.29, 0.717) is 36.8 Å². The molecule has 1 fully saturated rings. The monoisotopic (exact) mass is 427 g/mol. The van der Waals surface area contributed by atoms with E-state index in [2.05, 4.69) is 5.32 Å². The average molecular weight is 428 g/mol. The molecule has 7 nitrogen and oxygen atoms in total. The molecule has 0 saturated carbocycles. The first-order chi connectivity index (χ1) is 14.5. The number of para-hydroxylation sites is 1. The molecule has 0 unspecified atom stereocenters. The molecule has 2 atom stereocenters. The van der Waals surface area contributed by atoms with E-state index in [0.717, 1.165) is 12.1 Å². The summed E-state index contributed by atoms with van der Waals surface area (Å²) in [6.45, 7) is 1.67. The van der Waals surface area contributed by atoms with E-state index in [4.69, 9.17) is 4.74 Å². The number of hydrogen-bond acceptors (Lipinski definition) is 5. The van der Waals surface area contributed by atoms with Crippen LogP contribution in [0.15, 0.2) is 47.3 Å². The van der Waals surface area contributed by atoms with Crippen LogP contribution >= 0.6 is 11.8 Å². The number of aromatic nitrogens is 1. The van der Waals surface area contributed by atoms with E-state index < -0.39 is 0 Å². The molecule has 2 amide bonds. The Morgan fingerprint density at radius 3 is 2.70 bits per heavy atom. The lowest BCUT2D eigenvalue weighted by atomic mass is 9.82. The maximum absolute atomic E-state index is 12.8. The fraction of sp³-hybridized carbons (Fsp3) is 0.409. The van der Waals surface area contributed by atoms with Gasteiger partial charge in [-0.2, -0.15) is 11.8 Å². The number of carbonyl (C=O) groups excluding carboxylic acids is 2. The second kappa shape index (κ2) is 8.95. The Morgan fingerprint density at radius 1 is 1.13 bits per heavy atom. The zero-order valence-electron chi connectivity index (χ0n) is 16.9. The normalized spacial score (nSPS) is 19.7. The Bertz CT molecular complexity index is 992. The van der Waals surface area contributed by atoms with Crippen molar-refractivity contribution in [3.63, 3.8) is 0 Å². The molecule has 3 heterocycles. The van der Waals surface area contributed by atoms with Crippen molar-refractivity contribution in [2.45, 2.75) is 18.9 Å². The number of likely N-dealkylation sites (tertiary alicyclic amines) is 1. The number of nitrogens with one attached hydrogen (secondary N) is 1. The van der Waals surface area contributed by atoms with E-state index in [-0.39, 0.29) is 35.8 Å². The standard InChI is InChI=1S/C22H25N3O4S/c1-30-14-19(26)23-18-7-8-20(27)25-11-15-9-16(22(18)25)12-24(10-15)21(28)13-29-17-5-3-2-4-6-17/h2-8,15-16H,9-14H2,1H3,(H,23,26)/t15-,16-/m0/s1. The van der Waals surface area contributed by atoms with Gasteiger partial charge in [-0.1, -0.05) is 18.2 Å². The summed E-state index contributed by atoms with van der Waals surface area (Å²) in [6.07, 6.45) is 2.77. The Hall–Kier alpha value is -2.74. The molecule has 0 radical (unpaired) electrons. The number of amides is 2. The molecule has 2 aromatic rings. The van der Waals surface area contributed by atoms with Crippen LogP contribution in [0.5, 0.6) is 5.75 Å². The number of piperidine rings is 1. The molecule has 2 bridgehead atoms. The Morgan fingerprint density at radius 2 is 1.93 bits per heavy atom. The Labute approximate surface area is 179 Å². The predicted octanol–water partition coefficient (Wildman–Crippen LogP) is 2.17. The van der Waals surface area contributed by atoms with Gasteiger partial charge in [-0.3, -0.25) is 14.4 Å². The summed E-state index contributed by atoms with van der Waals surface area (Å²) in [5, 5.41) is 2.94. The van der Waals surface area contributed by atoms with Crippen molar-refractivity contribution in [1.29, 1.82) is 0 Å². The maximum atomic E-state index is 12.8. The summed E-state index contributed by atoms with van der Waals surface area (Å²) in [6, 6.07) is 12.5. The lowest BCUT2D eigenvalue weighted by Crippen LogP contribution is -2.50. The summed E-state index contributed by atoms with van der Waals surface area (Å²) < 4.78 is 7.40. The van der Waals surface area contributed by atoms with Gasteiger partial charge in [0, 0.05) is 37.3 Å². The van der Waals surface area contributed by atoms with Crippen molar-refractivity contribution in [1.82, 2.24) is 9.47 Å². The number of hydrogen-bond donors (Lipinski definition) is 1. The smallest absolute Gasteiger partial charge is 0.260 e. The first-order valence-corrected chi connectivity index (χ1v) is 11.4. The molecule has 0 spiro atoms. The molecule has 30 heavy (non-hydrogen) atoms. The van der Waals surface area contributed by atoms with Crippen molar-refractivity contribution < 1.29 is 14.3 Å². The first kappa shape index (κ1) is 20.5. The van der Waals surface area contributed by atoms with Gasteiger partial charge in [-0.25, -0.2) is 0 Å². The number of benzene rings is 1. The van der Waals surface area contributed by atoms with Crippen LogP contribution in [-0.2, 0) is 16.1 Å². The Kier molecular flexibility index (Phi) is 6.13. The average Bonchev–Trinajstić information content (AvgIpc) is 2.74. The van der Waals surface area contributed by atoms with Gasteiger partial charge in [0.15, 0.2) is 6.61 Å². The van der Waals surface area contributed by atoms with Crippen molar-refractivity contribution in [2.75, 3.05) is 37.0 Å². The highest BCUT2D eigenvalue weighted by Crippen LogP contribution is 2.38. The summed E-state index contributed by atoms with van der Waals surface area (Å²) in [4.78, 5) is 39.2. The minimum atomic E-state index is -0.0916. The quantitative estimate of drug-likeness (QED) is 0.764. The van der Waals surface area contributed by atoms with Gasteiger partial charge in [0.1, 0.15) is 5.75 Å². The lowest BCUT2D eigenvalue weighted by Gasteiger charge is -2.43. The highest BCUT2D eigenvalue weighted by Gasteiger charge is 2.38. The summed E-state index contributed by atoms with van der Waals surface area (Å²) in [7, 11) is 0. The zero-order chi connectivity index (χ0) is 21.1. The van der Waals surface area contributed by atoms with Crippen LogP contribution in [0.3, 0.4) is 0 Å². The van der Waals surface area contributed by atoms with Gasteiger partial charge in [0.05, 0.1) is 11.4 Å². The van der Waals surface area contributed by atoms with Gasteiger partial charge >= 0.3 is 0 Å². The minimum Gasteiger partial charge on any atom is -0.484 e. The third kappa shape index (κ3) is 4.38. The Balaban J connectivity index is 1.51. The summed E-state index contributed by atoms with van der Waals surface area (Å²) in [5.74, 6) is 1.09. The number of carbonyl (C=O) groups is 2. The topological polar surface area (TPSA) is 80.6 Å². The number of fused-ring (bicyclic) bond motifs is 4. The summed E-state index contributed by atoms with van der Waals surface area (Å²) in [5.41, 5.74) is 1.44. The fourth-order valence-electron chi connectivity index (χ4n) is 4.39. The molecule has 1 saturated heterocycles. The van der Waals surface area contributed by atoms with Crippen LogP contribution in [0.4, 0.5) is 5.69 Å². The molecule has 2 aliphatic heterocycles. The van der Waals surface area contributed by atoms with Crippen molar-refractivity contribution in [2.24, 2.45) is 5.92 Å². The fourth-order valence-corrected chi connectivity index (χ4v) is 4.73. The number of ether oxygens (including phenoxy) is 1. The molecule has 8 heteroatoms. The van der Waals surface area contributed by atoms with Crippen molar-refractivity contribution >= 4 is 29.3 Å². The number of anilines is 1. The van der Waals surface area contributed by atoms with Crippen molar-refractivity contribution in [3.05, 3.63) is 58.5 Å². The van der Waals surface area contributed by atoms with E-state index in [9.17, 15) is 14.4 Å².